The van der Waals surface area contributed by atoms with Gasteiger partial charge in [-0.25, -0.2) is 0 Å². The van der Waals surface area contributed by atoms with Crippen LogP contribution >= 0.6 is 11.8 Å². The highest BCUT2D eigenvalue weighted by molar-refractivity contribution is 7.99. The minimum atomic E-state index is -0.125. The number of benzene rings is 3. The summed E-state index contributed by atoms with van der Waals surface area (Å²) in [6, 6.07) is 19.9. The number of rotatable bonds is 5. The van der Waals surface area contributed by atoms with E-state index in [4.69, 9.17) is 9.73 Å². The molecule has 0 aliphatic carbocycles. The Bertz CT molecular complexity index is 1140. The Hall–Kier alpha value is -3.05. The van der Waals surface area contributed by atoms with E-state index in [2.05, 4.69) is 37.4 Å². The molecule has 0 saturated heterocycles. The van der Waals surface area contributed by atoms with Crippen LogP contribution in [0.4, 0.5) is 5.69 Å². The third-order valence-electron chi connectivity index (χ3n) is 5.11. The van der Waals surface area contributed by atoms with Crippen LogP contribution in [0.25, 0.3) is 0 Å². The number of aliphatic imine (C=N–C) groups is 1. The summed E-state index contributed by atoms with van der Waals surface area (Å²) < 4.78 is 5.36. The Morgan fingerprint density at radius 1 is 1.07 bits per heavy atom. The second kappa shape index (κ2) is 8.76. The highest BCUT2D eigenvalue weighted by Gasteiger charge is 2.18. The van der Waals surface area contributed by atoms with Crippen LogP contribution in [-0.2, 0) is 6.54 Å². The number of ether oxygens (including phenoxy) is 1. The van der Waals surface area contributed by atoms with E-state index in [0.29, 0.717) is 12.1 Å². The van der Waals surface area contributed by atoms with E-state index in [0.717, 1.165) is 34.0 Å². The second-order valence-electron chi connectivity index (χ2n) is 7.19. The Kier molecular flexibility index (Phi) is 5.91. The Morgan fingerprint density at radius 2 is 1.87 bits per heavy atom. The third-order valence-corrected chi connectivity index (χ3v) is 6.25. The maximum Gasteiger partial charge on any atom is 0.251 e. The molecule has 1 aliphatic heterocycles. The number of hydrogen-bond donors (Lipinski definition) is 1. The molecule has 0 unspecified atom stereocenters. The summed E-state index contributed by atoms with van der Waals surface area (Å²) in [5, 5.41) is 2.99. The van der Waals surface area contributed by atoms with Gasteiger partial charge >= 0.3 is 0 Å². The molecule has 3 aromatic carbocycles. The summed E-state index contributed by atoms with van der Waals surface area (Å²) >= 11 is 1.70. The molecule has 5 heteroatoms. The number of amides is 1. The van der Waals surface area contributed by atoms with Crippen molar-refractivity contribution in [3.63, 3.8) is 0 Å². The number of methoxy groups -OCH3 is 1. The summed E-state index contributed by atoms with van der Waals surface area (Å²) in [6.07, 6.45) is 0.834. The van der Waals surface area contributed by atoms with Gasteiger partial charge in [-0.05, 0) is 49.7 Å². The monoisotopic (exact) mass is 416 g/mol. The van der Waals surface area contributed by atoms with Crippen LogP contribution in [0.5, 0.6) is 5.75 Å². The molecule has 3 aromatic rings. The first-order chi connectivity index (χ1) is 14.6. The fourth-order valence-corrected chi connectivity index (χ4v) is 4.52. The lowest BCUT2D eigenvalue weighted by molar-refractivity contribution is 0.0950. The van der Waals surface area contributed by atoms with Crippen molar-refractivity contribution in [1.29, 1.82) is 0 Å². The molecule has 0 saturated carbocycles. The topological polar surface area (TPSA) is 50.7 Å². The maximum atomic E-state index is 12.8. The highest BCUT2D eigenvalue weighted by atomic mass is 32.2. The zero-order valence-corrected chi connectivity index (χ0v) is 18.2. The maximum absolute atomic E-state index is 12.8. The smallest absolute Gasteiger partial charge is 0.251 e. The van der Waals surface area contributed by atoms with E-state index in [1.165, 1.54) is 16.0 Å². The first kappa shape index (κ1) is 20.2. The molecule has 4 rings (SSSR count). The van der Waals surface area contributed by atoms with Gasteiger partial charge < -0.3 is 10.1 Å². The molecule has 0 radical (unpaired) electrons. The number of nitrogens with zero attached hydrogens (tertiary/aromatic N) is 1. The van der Waals surface area contributed by atoms with Crippen molar-refractivity contribution in [2.45, 2.75) is 36.6 Å². The molecule has 0 fully saturated rings. The molecule has 1 amide bonds. The number of para-hydroxylation sites is 1. The number of carbonyl (C=O) groups is 1. The van der Waals surface area contributed by atoms with E-state index >= 15 is 0 Å². The van der Waals surface area contributed by atoms with Crippen LogP contribution in [0.1, 0.15) is 40.4 Å². The predicted molar refractivity (Wildman–Crippen MR) is 122 cm³/mol. The molecule has 1 heterocycles. The summed E-state index contributed by atoms with van der Waals surface area (Å²) in [5.41, 5.74) is 5.84. The van der Waals surface area contributed by atoms with Crippen molar-refractivity contribution >= 4 is 29.1 Å². The van der Waals surface area contributed by atoms with E-state index in [9.17, 15) is 4.79 Å². The fourth-order valence-electron chi connectivity index (χ4n) is 3.51. The number of fused-ring (bicyclic) bond motifs is 2. The largest absolute Gasteiger partial charge is 0.496 e. The van der Waals surface area contributed by atoms with Crippen LogP contribution in [0.2, 0.25) is 0 Å². The van der Waals surface area contributed by atoms with Gasteiger partial charge in [0.2, 0.25) is 0 Å². The van der Waals surface area contributed by atoms with Gasteiger partial charge in [0.25, 0.3) is 5.91 Å². The molecule has 1 N–H and O–H groups in total. The highest BCUT2D eigenvalue weighted by Crippen LogP contribution is 2.41. The zero-order valence-electron chi connectivity index (χ0n) is 17.4. The van der Waals surface area contributed by atoms with Crippen LogP contribution in [-0.4, -0.2) is 18.7 Å². The SMILES string of the molecule is CCC1=Nc2cc(C(=O)NCc3ccccc3OC)ccc2Sc2ccc(C)cc21. The molecule has 0 atom stereocenters. The number of hydrogen-bond acceptors (Lipinski definition) is 4. The molecule has 1 aliphatic rings. The summed E-state index contributed by atoms with van der Waals surface area (Å²) in [5.74, 6) is 0.640. The van der Waals surface area contributed by atoms with Gasteiger partial charge in [0.15, 0.2) is 0 Å². The molecule has 4 nitrogen and oxygen atoms in total. The lowest BCUT2D eigenvalue weighted by Gasteiger charge is -2.10. The van der Waals surface area contributed by atoms with Gasteiger partial charge in [-0.1, -0.05) is 48.5 Å². The second-order valence-corrected chi connectivity index (χ2v) is 8.27. The average Bonchev–Trinajstić information content (AvgIpc) is 2.93. The predicted octanol–water partition coefficient (Wildman–Crippen LogP) is 5.93. The minimum Gasteiger partial charge on any atom is -0.496 e. The van der Waals surface area contributed by atoms with Crippen molar-refractivity contribution in [3.05, 3.63) is 82.9 Å². The van der Waals surface area contributed by atoms with Crippen LogP contribution in [0.3, 0.4) is 0 Å². The molecule has 0 aromatic heterocycles. The standard InChI is InChI=1S/C25H24N2O2S/c1-4-20-19-13-16(2)9-11-23(19)30-24-12-10-17(14-21(24)27-20)25(28)26-15-18-7-5-6-8-22(18)29-3/h5-14H,4,15H2,1-3H3,(H,26,28). The molecule has 0 spiro atoms. The Labute approximate surface area is 181 Å². The number of aryl methyl sites for hydroxylation is 1. The number of carbonyl (C=O) groups excluding carboxylic acids is 1. The molecule has 30 heavy (non-hydrogen) atoms. The van der Waals surface area contributed by atoms with Gasteiger partial charge in [-0.2, -0.15) is 0 Å². The van der Waals surface area contributed by atoms with Crippen molar-refractivity contribution < 1.29 is 9.53 Å². The van der Waals surface area contributed by atoms with E-state index in [1.54, 1.807) is 18.9 Å². The molecular formula is C25H24N2O2S. The summed E-state index contributed by atoms with van der Waals surface area (Å²) in [7, 11) is 1.63. The number of nitrogens with one attached hydrogen (secondary N) is 1. The normalized spacial score (nSPS) is 12.3. The third kappa shape index (κ3) is 4.12. The van der Waals surface area contributed by atoms with E-state index in [1.807, 2.05) is 42.5 Å². The Morgan fingerprint density at radius 3 is 2.67 bits per heavy atom. The lowest BCUT2D eigenvalue weighted by atomic mass is 10.0. The quantitative estimate of drug-likeness (QED) is 0.561. The summed E-state index contributed by atoms with van der Waals surface area (Å²) in [6.45, 7) is 4.62. The van der Waals surface area contributed by atoms with Crippen LogP contribution < -0.4 is 10.1 Å². The van der Waals surface area contributed by atoms with Gasteiger partial charge in [-0.3, -0.25) is 9.79 Å². The van der Waals surface area contributed by atoms with Gasteiger partial charge in [0.1, 0.15) is 5.75 Å². The van der Waals surface area contributed by atoms with Crippen molar-refractivity contribution in [3.8, 4) is 5.75 Å². The summed E-state index contributed by atoms with van der Waals surface area (Å²) in [4.78, 5) is 20.0. The van der Waals surface area contributed by atoms with E-state index in [-0.39, 0.29) is 5.91 Å². The minimum absolute atomic E-state index is 0.125. The van der Waals surface area contributed by atoms with Crippen LogP contribution in [0.15, 0.2) is 75.4 Å². The molecular weight excluding hydrogens is 392 g/mol. The van der Waals surface area contributed by atoms with Gasteiger partial charge in [0.05, 0.1) is 12.8 Å². The van der Waals surface area contributed by atoms with Crippen molar-refractivity contribution in [2.24, 2.45) is 4.99 Å². The van der Waals surface area contributed by atoms with Gasteiger partial charge in [-0.15, -0.1) is 0 Å². The van der Waals surface area contributed by atoms with E-state index < -0.39 is 0 Å². The lowest BCUT2D eigenvalue weighted by Crippen LogP contribution is -2.23. The van der Waals surface area contributed by atoms with Crippen LogP contribution in [0, 0.1) is 6.92 Å². The average molecular weight is 417 g/mol. The van der Waals surface area contributed by atoms with Gasteiger partial charge in [0, 0.05) is 38.7 Å². The molecule has 0 bridgehead atoms. The van der Waals surface area contributed by atoms with Crippen molar-refractivity contribution in [1.82, 2.24) is 5.32 Å². The van der Waals surface area contributed by atoms with Crippen molar-refractivity contribution in [2.75, 3.05) is 7.11 Å². The first-order valence-electron chi connectivity index (χ1n) is 9.99. The first-order valence-corrected chi connectivity index (χ1v) is 10.8. The fraction of sp³-hybridized carbons (Fsp3) is 0.200. The molecule has 152 valence electrons. The zero-order chi connectivity index (χ0) is 21.1. The Balaban J connectivity index is 1.60.